The molecule has 2 aromatic heterocycles. The van der Waals surface area contributed by atoms with Gasteiger partial charge in [0.25, 0.3) is 0 Å². The van der Waals surface area contributed by atoms with Crippen molar-refractivity contribution in [1.29, 1.82) is 0 Å². The van der Waals surface area contributed by atoms with Gasteiger partial charge in [0.1, 0.15) is 0 Å². The first-order valence-corrected chi connectivity index (χ1v) is 17.7. The minimum Gasteiger partial charge on any atom is -0.310 e. The molecule has 2 aliphatic rings. The first-order valence-electron chi connectivity index (χ1n) is 17.7. The number of fused-ring (bicyclic) bond motifs is 6. The Morgan fingerprint density at radius 1 is 0.440 bits per heavy atom. The monoisotopic (exact) mass is 640 g/mol. The summed E-state index contributed by atoms with van der Waals surface area (Å²) in [5.74, 6) is 0.862. The minimum atomic E-state index is 0.413. The number of benzene rings is 6. The molecule has 0 saturated heterocycles. The van der Waals surface area contributed by atoms with Crippen LogP contribution in [0.4, 0.5) is 0 Å². The Hall–Kier alpha value is -6.12. The second-order valence-electron chi connectivity index (χ2n) is 13.7. The maximum atomic E-state index is 2.44. The molecular formula is C48H36N2. The summed E-state index contributed by atoms with van der Waals surface area (Å²) in [6, 6.07) is 51.6. The van der Waals surface area contributed by atoms with E-state index in [1.165, 1.54) is 77.2 Å². The summed E-state index contributed by atoms with van der Waals surface area (Å²) >= 11 is 0. The molecular weight excluding hydrogens is 605 g/mol. The van der Waals surface area contributed by atoms with Crippen LogP contribution in [0.3, 0.4) is 0 Å². The van der Waals surface area contributed by atoms with E-state index in [4.69, 9.17) is 0 Å². The van der Waals surface area contributed by atoms with Crippen molar-refractivity contribution in [2.45, 2.75) is 24.7 Å². The Bertz CT molecular complexity index is 2690. The zero-order valence-electron chi connectivity index (χ0n) is 27.8. The molecule has 0 fully saturated rings. The lowest BCUT2D eigenvalue weighted by atomic mass is 9.92. The zero-order chi connectivity index (χ0) is 33.0. The van der Waals surface area contributed by atoms with Crippen molar-refractivity contribution in [1.82, 2.24) is 9.13 Å². The van der Waals surface area contributed by atoms with Gasteiger partial charge in [-0.05, 0) is 89.7 Å². The molecule has 0 aliphatic heterocycles. The van der Waals surface area contributed by atoms with E-state index in [1.54, 1.807) is 0 Å². The molecule has 6 aromatic carbocycles. The van der Waals surface area contributed by atoms with Gasteiger partial charge in [0.2, 0.25) is 0 Å². The maximum absolute atomic E-state index is 2.44. The lowest BCUT2D eigenvalue weighted by Gasteiger charge is -2.18. The van der Waals surface area contributed by atoms with Crippen molar-refractivity contribution >= 4 is 49.3 Å². The summed E-state index contributed by atoms with van der Waals surface area (Å²) in [5.41, 5.74) is 12.6. The van der Waals surface area contributed by atoms with Crippen LogP contribution in [0.25, 0.3) is 66.1 Å². The van der Waals surface area contributed by atoms with Crippen LogP contribution >= 0.6 is 0 Å². The molecule has 0 radical (unpaired) electrons. The molecule has 2 nitrogen and oxygen atoms in total. The highest BCUT2D eigenvalue weighted by Crippen LogP contribution is 2.39. The van der Waals surface area contributed by atoms with E-state index in [0.29, 0.717) is 11.8 Å². The molecule has 2 heteroatoms. The molecule has 2 unspecified atom stereocenters. The Labute approximate surface area is 292 Å². The summed E-state index contributed by atoms with van der Waals surface area (Å²) in [6.45, 7) is 0. The number of aromatic nitrogens is 2. The zero-order valence-corrected chi connectivity index (χ0v) is 27.8. The molecule has 10 rings (SSSR count). The van der Waals surface area contributed by atoms with Gasteiger partial charge in [0.15, 0.2) is 0 Å². The second-order valence-corrected chi connectivity index (χ2v) is 13.7. The van der Waals surface area contributed by atoms with E-state index in [2.05, 4.69) is 191 Å². The molecule has 238 valence electrons. The summed E-state index contributed by atoms with van der Waals surface area (Å²) < 4.78 is 4.86. The predicted octanol–water partition coefficient (Wildman–Crippen LogP) is 12.7. The van der Waals surface area contributed by atoms with Crippen molar-refractivity contribution in [3.63, 3.8) is 0 Å². The van der Waals surface area contributed by atoms with Gasteiger partial charge in [-0.3, -0.25) is 0 Å². The first kappa shape index (κ1) is 28.9. The van der Waals surface area contributed by atoms with E-state index in [-0.39, 0.29) is 0 Å². The fraction of sp³-hybridized carbons (Fsp3) is 0.0833. The average Bonchev–Trinajstić information content (AvgIpc) is 3.71. The lowest BCUT2D eigenvalue weighted by Crippen LogP contribution is -2.02. The van der Waals surface area contributed by atoms with Crippen LogP contribution in [-0.2, 0) is 0 Å². The van der Waals surface area contributed by atoms with Crippen molar-refractivity contribution < 1.29 is 0 Å². The van der Waals surface area contributed by atoms with Gasteiger partial charge in [0.05, 0.1) is 22.1 Å². The summed E-state index contributed by atoms with van der Waals surface area (Å²) in [5, 5.41) is 5.11. The Kier molecular flexibility index (Phi) is 6.80. The van der Waals surface area contributed by atoms with Gasteiger partial charge in [0, 0.05) is 44.8 Å². The molecule has 2 heterocycles. The van der Waals surface area contributed by atoms with Crippen LogP contribution in [0.5, 0.6) is 0 Å². The molecule has 2 aliphatic carbocycles. The first-order chi connectivity index (χ1) is 24.8. The normalized spacial score (nSPS) is 17.3. The van der Waals surface area contributed by atoms with Crippen LogP contribution in [0, 0.1) is 0 Å². The van der Waals surface area contributed by atoms with E-state index in [1.807, 2.05) is 0 Å². The van der Waals surface area contributed by atoms with Gasteiger partial charge in [-0.2, -0.15) is 0 Å². The Morgan fingerprint density at radius 3 is 1.66 bits per heavy atom. The molecule has 0 N–H and O–H groups in total. The van der Waals surface area contributed by atoms with Gasteiger partial charge in [-0.15, -0.1) is 0 Å². The maximum Gasteiger partial charge on any atom is 0.0541 e. The van der Waals surface area contributed by atoms with Crippen LogP contribution in [-0.4, -0.2) is 9.13 Å². The third kappa shape index (κ3) is 4.71. The minimum absolute atomic E-state index is 0.413. The number of allylic oxidation sites excluding steroid dienone is 8. The molecule has 50 heavy (non-hydrogen) atoms. The van der Waals surface area contributed by atoms with Gasteiger partial charge >= 0.3 is 0 Å². The van der Waals surface area contributed by atoms with Crippen molar-refractivity contribution in [2.24, 2.45) is 0 Å². The van der Waals surface area contributed by atoms with Crippen LogP contribution in [0.1, 0.15) is 35.8 Å². The van der Waals surface area contributed by atoms with Crippen molar-refractivity contribution in [2.75, 3.05) is 0 Å². The quantitative estimate of drug-likeness (QED) is 0.177. The molecule has 2 atom stereocenters. The lowest BCUT2D eigenvalue weighted by molar-refractivity contribution is 0.850. The fourth-order valence-corrected chi connectivity index (χ4v) is 8.28. The van der Waals surface area contributed by atoms with Gasteiger partial charge < -0.3 is 9.13 Å². The Balaban J connectivity index is 1.05. The van der Waals surface area contributed by atoms with E-state index >= 15 is 0 Å². The van der Waals surface area contributed by atoms with Crippen molar-refractivity contribution in [3.05, 3.63) is 193 Å². The summed E-state index contributed by atoms with van der Waals surface area (Å²) in [4.78, 5) is 0. The average molecular weight is 641 g/mol. The third-order valence-corrected chi connectivity index (χ3v) is 10.8. The Morgan fingerprint density at radius 2 is 1.02 bits per heavy atom. The molecule has 0 amide bonds. The highest BCUT2D eigenvalue weighted by Gasteiger charge is 2.18. The van der Waals surface area contributed by atoms with Crippen molar-refractivity contribution in [3.8, 4) is 16.8 Å². The summed E-state index contributed by atoms with van der Waals surface area (Å²) in [7, 11) is 0. The highest BCUT2D eigenvalue weighted by atomic mass is 15.0. The predicted molar refractivity (Wildman–Crippen MR) is 212 cm³/mol. The van der Waals surface area contributed by atoms with Crippen LogP contribution in [0.15, 0.2) is 182 Å². The van der Waals surface area contributed by atoms with Crippen LogP contribution < -0.4 is 0 Å². The van der Waals surface area contributed by atoms with E-state index < -0.39 is 0 Å². The SMILES string of the molecule is C1=CCC(c2ccc(-n3c4ccccc4c4cc(-c5ccc6c(c5)c5ccccc5n6C5=CCC(c6ccccc6)C=C5)ccc43)cc2)C=C1. The number of rotatable bonds is 5. The summed E-state index contributed by atoms with van der Waals surface area (Å²) in [6.07, 6.45) is 18.0. The molecule has 0 saturated carbocycles. The topological polar surface area (TPSA) is 9.86 Å². The standard InChI is InChI=1S/C48H36N2/c1-3-11-33(12-4-1)35-19-25-39(26-20-35)49-45-17-9-7-15-41(45)43-31-37(23-29-47(43)49)38-24-30-48-44(32-38)42-16-8-10-18-46(42)50(48)40-27-21-36(22-28-40)34-13-5-2-6-14-34/h1-13,15-19,21-32,34-35H,14,20H2. The van der Waals surface area contributed by atoms with E-state index in [0.717, 1.165) is 12.8 Å². The van der Waals surface area contributed by atoms with E-state index in [9.17, 15) is 0 Å². The number of para-hydroxylation sites is 2. The fourth-order valence-electron chi connectivity index (χ4n) is 8.28. The number of nitrogens with zero attached hydrogens (tertiary/aromatic N) is 2. The van der Waals surface area contributed by atoms with Gasteiger partial charge in [-0.1, -0.05) is 127 Å². The number of hydrogen-bond donors (Lipinski definition) is 0. The molecule has 8 aromatic rings. The number of hydrogen-bond acceptors (Lipinski definition) is 0. The molecule has 0 spiro atoms. The van der Waals surface area contributed by atoms with Gasteiger partial charge in [-0.25, -0.2) is 0 Å². The molecule has 0 bridgehead atoms. The third-order valence-electron chi connectivity index (χ3n) is 10.8. The highest BCUT2D eigenvalue weighted by molar-refractivity contribution is 6.13. The smallest absolute Gasteiger partial charge is 0.0541 e. The largest absolute Gasteiger partial charge is 0.310 e. The van der Waals surface area contributed by atoms with Crippen LogP contribution in [0.2, 0.25) is 0 Å². The second kappa shape index (κ2) is 11.8.